The lowest BCUT2D eigenvalue weighted by molar-refractivity contribution is 0.339. The maximum Gasteiger partial charge on any atom is 0.324 e. The molecule has 0 saturated carbocycles. The fourth-order valence-electron chi connectivity index (χ4n) is 1.69. The first-order chi connectivity index (χ1) is 8.33. The average Bonchev–Trinajstić information content (AvgIpc) is 2.89. The monoisotopic (exact) mass is 233 g/mol. The Morgan fingerprint density at radius 2 is 2.12 bits per heavy atom. The van der Waals surface area contributed by atoms with Gasteiger partial charge in [-0.3, -0.25) is 0 Å². The summed E-state index contributed by atoms with van der Waals surface area (Å²) in [6.45, 7) is 2.11. The van der Waals surface area contributed by atoms with Gasteiger partial charge in [0.05, 0.1) is 0 Å². The van der Waals surface area contributed by atoms with E-state index in [1.165, 1.54) is 12.8 Å². The molecule has 17 heavy (non-hydrogen) atoms. The van der Waals surface area contributed by atoms with Gasteiger partial charge in [-0.2, -0.15) is 15.0 Å². The highest BCUT2D eigenvalue weighted by Gasteiger charge is 2.17. The Bertz CT molecular complexity index is 422. The molecule has 1 aromatic rings. The second kappa shape index (κ2) is 5.34. The number of aromatic nitrogens is 3. The number of anilines is 2. The topological polar surface area (TPSA) is 63.2 Å². The molecule has 0 spiro atoms. The fourth-order valence-corrected chi connectivity index (χ4v) is 1.69. The predicted octanol–water partition coefficient (Wildman–Crippen LogP) is 0.525. The van der Waals surface area contributed by atoms with Crippen LogP contribution in [0.15, 0.2) is 0 Å². The number of hydrogen-bond donors (Lipinski definition) is 1. The van der Waals surface area contributed by atoms with Crippen molar-refractivity contribution >= 4 is 11.9 Å². The van der Waals surface area contributed by atoms with Crippen LogP contribution in [0.5, 0.6) is 6.01 Å². The van der Waals surface area contributed by atoms with E-state index >= 15 is 0 Å². The maximum atomic E-state index is 5.23. The molecule has 0 amide bonds. The zero-order valence-electron chi connectivity index (χ0n) is 9.81. The molecule has 2 rings (SSSR count). The summed E-state index contributed by atoms with van der Waals surface area (Å²) in [5.41, 5.74) is 0. The number of hydrogen-bond acceptors (Lipinski definition) is 6. The molecule has 0 aromatic carbocycles. The van der Waals surface area contributed by atoms with Crippen LogP contribution >= 0.6 is 0 Å². The highest BCUT2D eigenvalue weighted by Crippen LogP contribution is 2.19. The zero-order chi connectivity index (χ0) is 12.1. The standard InChI is InChI=1S/C11H15N5O/c1-3-8-17-11-14-9(12-2)13-10(15-11)16-6-4-5-7-16/h1H,4-8H2,2H3,(H,12,13,14,15). The molecule has 0 radical (unpaired) electrons. The molecule has 0 aliphatic carbocycles. The molecule has 1 aliphatic heterocycles. The van der Waals surface area contributed by atoms with Gasteiger partial charge in [0.1, 0.15) is 0 Å². The van der Waals surface area contributed by atoms with Gasteiger partial charge in [-0.1, -0.05) is 5.92 Å². The van der Waals surface area contributed by atoms with E-state index in [1.54, 1.807) is 7.05 Å². The van der Waals surface area contributed by atoms with E-state index in [9.17, 15) is 0 Å². The van der Waals surface area contributed by atoms with Gasteiger partial charge < -0.3 is 15.0 Å². The fraction of sp³-hybridized carbons (Fsp3) is 0.545. The third-order valence-corrected chi connectivity index (χ3v) is 2.50. The summed E-state index contributed by atoms with van der Waals surface area (Å²) in [7, 11) is 1.76. The SMILES string of the molecule is C#CCOc1nc(NC)nc(N2CCCC2)n1. The molecule has 2 heterocycles. The van der Waals surface area contributed by atoms with Crippen molar-refractivity contribution in [3.63, 3.8) is 0 Å². The van der Waals surface area contributed by atoms with Crippen LogP contribution in [0.1, 0.15) is 12.8 Å². The lowest BCUT2D eigenvalue weighted by Crippen LogP contribution is -2.21. The van der Waals surface area contributed by atoms with E-state index in [1.807, 2.05) is 0 Å². The molecule has 1 N–H and O–H groups in total. The van der Waals surface area contributed by atoms with E-state index in [2.05, 4.69) is 31.1 Å². The highest BCUT2D eigenvalue weighted by molar-refractivity contribution is 5.38. The third-order valence-electron chi connectivity index (χ3n) is 2.50. The second-order valence-electron chi connectivity index (χ2n) is 3.68. The number of nitrogens with one attached hydrogen (secondary N) is 1. The minimum absolute atomic E-state index is 0.159. The summed E-state index contributed by atoms with van der Waals surface area (Å²) in [6, 6.07) is 0.268. The van der Waals surface area contributed by atoms with Crippen LogP contribution in [0.4, 0.5) is 11.9 Å². The number of nitrogens with zero attached hydrogens (tertiary/aromatic N) is 4. The molecule has 0 atom stereocenters. The first-order valence-electron chi connectivity index (χ1n) is 5.58. The van der Waals surface area contributed by atoms with Crippen molar-refractivity contribution in [2.24, 2.45) is 0 Å². The molecule has 0 bridgehead atoms. The van der Waals surface area contributed by atoms with E-state index in [-0.39, 0.29) is 12.6 Å². The van der Waals surface area contributed by atoms with Crippen LogP contribution in [0, 0.1) is 12.3 Å². The molecule has 1 aromatic heterocycles. The van der Waals surface area contributed by atoms with Crippen molar-refractivity contribution in [1.29, 1.82) is 0 Å². The summed E-state index contributed by atoms with van der Waals surface area (Å²) < 4.78 is 5.23. The van der Waals surface area contributed by atoms with E-state index in [0.717, 1.165) is 13.1 Å². The molecular formula is C11H15N5O. The van der Waals surface area contributed by atoms with Gasteiger partial charge in [0.25, 0.3) is 0 Å². The Labute approximate surface area is 100 Å². The summed E-state index contributed by atoms with van der Waals surface area (Å²) >= 11 is 0. The average molecular weight is 233 g/mol. The van der Waals surface area contributed by atoms with E-state index in [0.29, 0.717) is 11.9 Å². The van der Waals surface area contributed by atoms with Crippen molar-refractivity contribution in [3.05, 3.63) is 0 Å². The van der Waals surface area contributed by atoms with Gasteiger partial charge in [-0.25, -0.2) is 0 Å². The molecule has 1 saturated heterocycles. The van der Waals surface area contributed by atoms with Crippen LogP contribution in [-0.4, -0.2) is 41.7 Å². The lowest BCUT2D eigenvalue weighted by atomic mass is 10.4. The largest absolute Gasteiger partial charge is 0.450 e. The van der Waals surface area contributed by atoms with Crippen molar-refractivity contribution in [1.82, 2.24) is 15.0 Å². The van der Waals surface area contributed by atoms with Crippen LogP contribution in [0.25, 0.3) is 0 Å². The van der Waals surface area contributed by atoms with Gasteiger partial charge in [0, 0.05) is 20.1 Å². The van der Waals surface area contributed by atoms with Crippen molar-refractivity contribution < 1.29 is 4.74 Å². The first kappa shape index (κ1) is 11.5. The molecule has 0 unspecified atom stereocenters. The van der Waals surface area contributed by atoms with Crippen molar-refractivity contribution in [2.75, 3.05) is 37.0 Å². The van der Waals surface area contributed by atoms with Crippen molar-refractivity contribution in [3.8, 4) is 18.4 Å². The zero-order valence-corrected chi connectivity index (χ0v) is 9.81. The van der Waals surface area contributed by atoms with Gasteiger partial charge in [-0.15, -0.1) is 6.42 Å². The minimum Gasteiger partial charge on any atom is -0.450 e. The van der Waals surface area contributed by atoms with Crippen LogP contribution in [-0.2, 0) is 0 Å². The quantitative estimate of drug-likeness (QED) is 0.765. The van der Waals surface area contributed by atoms with Gasteiger partial charge >= 0.3 is 6.01 Å². The highest BCUT2D eigenvalue weighted by atomic mass is 16.5. The third kappa shape index (κ3) is 2.75. The number of ether oxygens (including phenoxy) is 1. The maximum absolute atomic E-state index is 5.23. The van der Waals surface area contributed by atoms with Gasteiger partial charge in [0.2, 0.25) is 11.9 Å². The molecule has 1 fully saturated rings. The number of rotatable bonds is 4. The summed E-state index contributed by atoms with van der Waals surface area (Å²) in [5, 5.41) is 2.89. The van der Waals surface area contributed by atoms with Gasteiger partial charge in [-0.05, 0) is 12.8 Å². The smallest absolute Gasteiger partial charge is 0.324 e. The minimum atomic E-state index is 0.159. The molecular weight excluding hydrogens is 218 g/mol. The van der Waals surface area contributed by atoms with E-state index < -0.39 is 0 Å². The normalized spacial score (nSPS) is 14.5. The Hall–Kier alpha value is -2.03. The predicted molar refractivity (Wildman–Crippen MR) is 65.1 cm³/mol. The Balaban J connectivity index is 2.21. The Kier molecular flexibility index (Phi) is 3.60. The van der Waals surface area contributed by atoms with Gasteiger partial charge in [0.15, 0.2) is 6.61 Å². The molecule has 6 heteroatoms. The molecule has 90 valence electrons. The number of terminal acetylenes is 1. The molecule has 1 aliphatic rings. The Morgan fingerprint density at radius 1 is 1.35 bits per heavy atom. The summed E-state index contributed by atoms with van der Waals surface area (Å²) in [6.07, 6.45) is 7.47. The van der Waals surface area contributed by atoms with Crippen molar-refractivity contribution in [2.45, 2.75) is 12.8 Å². The Morgan fingerprint density at radius 3 is 2.76 bits per heavy atom. The summed E-state index contributed by atoms with van der Waals surface area (Å²) in [4.78, 5) is 14.7. The van der Waals surface area contributed by atoms with Crippen LogP contribution < -0.4 is 15.0 Å². The van der Waals surface area contributed by atoms with E-state index in [4.69, 9.17) is 11.2 Å². The second-order valence-corrected chi connectivity index (χ2v) is 3.68. The first-order valence-corrected chi connectivity index (χ1v) is 5.58. The lowest BCUT2D eigenvalue weighted by Gasteiger charge is -2.15. The molecule has 6 nitrogen and oxygen atoms in total. The van der Waals surface area contributed by atoms with Crippen LogP contribution in [0.2, 0.25) is 0 Å². The van der Waals surface area contributed by atoms with Crippen LogP contribution in [0.3, 0.4) is 0 Å². The summed E-state index contributed by atoms with van der Waals surface area (Å²) in [5.74, 6) is 3.53.